The maximum absolute atomic E-state index is 6.43. The maximum atomic E-state index is 6.43. The van der Waals surface area contributed by atoms with Crippen molar-refractivity contribution in [2.24, 2.45) is 5.92 Å². The molecule has 2 heterocycles. The summed E-state index contributed by atoms with van der Waals surface area (Å²) in [5.74, 6) is 1.73. The van der Waals surface area contributed by atoms with Gasteiger partial charge in [-0.15, -0.1) is 0 Å². The molecular weight excluding hydrogens is 276 g/mol. The lowest BCUT2D eigenvalue weighted by Crippen LogP contribution is -2.40. The molecule has 0 aromatic rings. The SMILES string of the molecule is CC/C=C(/OC(COC)CN1CCCCC1)C1CCCNC1. The van der Waals surface area contributed by atoms with E-state index in [1.165, 1.54) is 51.0 Å². The van der Waals surface area contributed by atoms with Crippen molar-refractivity contribution in [2.45, 2.75) is 51.6 Å². The molecule has 2 unspecified atom stereocenters. The molecule has 128 valence electrons. The van der Waals surface area contributed by atoms with Crippen LogP contribution in [0, 0.1) is 5.92 Å². The first kappa shape index (κ1) is 17.8. The number of hydrogen-bond acceptors (Lipinski definition) is 4. The first-order valence-electron chi connectivity index (χ1n) is 9.12. The number of allylic oxidation sites excluding steroid dienone is 1. The van der Waals surface area contributed by atoms with Crippen molar-refractivity contribution in [1.82, 2.24) is 10.2 Å². The van der Waals surface area contributed by atoms with Gasteiger partial charge in [-0.25, -0.2) is 0 Å². The minimum Gasteiger partial charge on any atom is -0.491 e. The van der Waals surface area contributed by atoms with Crippen molar-refractivity contribution in [3.05, 3.63) is 11.8 Å². The van der Waals surface area contributed by atoms with Gasteiger partial charge in [-0.3, -0.25) is 4.90 Å². The Balaban J connectivity index is 1.91. The second kappa shape index (κ2) is 10.2. The minimum absolute atomic E-state index is 0.155. The Morgan fingerprint density at radius 1 is 1.27 bits per heavy atom. The Bertz CT molecular complexity index is 321. The van der Waals surface area contributed by atoms with Crippen molar-refractivity contribution >= 4 is 0 Å². The molecule has 0 amide bonds. The number of methoxy groups -OCH3 is 1. The summed E-state index contributed by atoms with van der Waals surface area (Å²) in [6.45, 7) is 8.48. The third-order valence-corrected chi connectivity index (χ3v) is 4.67. The summed E-state index contributed by atoms with van der Waals surface area (Å²) in [7, 11) is 1.78. The zero-order valence-electron chi connectivity index (χ0n) is 14.5. The van der Waals surface area contributed by atoms with Gasteiger partial charge < -0.3 is 14.8 Å². The number of nitrogens with zero attached hydrogens (tertiary/aromatic N) is 1. The highest BCUT2D eigenvalue weighted by Crippen LogP contribution is 2.23. The molecule has 2 saturated heterocycles. The smallest absolute Gasteiger partial charge is 0.134 e. The van der Waals surface area contributed by atoms with Crippen LogP contribution >= 0.6 is 0 Å². The highest BCUT2D eigenvalue weighted by Gasteiger charge is 2.23. The number of piperidine rings is 2. The average Bonchev–Trinajstić information content (AvgIpc) is 2.56. The quantitative estimate of drug-likeness (QED) is 0.699. The number of nitrogens with one attached hydrogen (secondary N) is 1. The average molecular weight is 310 g/mol. The molecule has 22 heavy (non-hydrogen) atoms. The predicted octanol–water partition coefficient (Wildman–Crippen LogP) is 2.80. The molecule has 2 aliphatic rings. The Morgan fingerprint density at radius 3 is 2.73 bits per heavy atom. The van der Waals surface area contributed by atoms with Crippen molar-refractivity contribution in [3.8, 4) is 0 Å². The Morgan fingerprint density at radius 2 is 2.09 bits per heavy atom. The molecule has 2 aliphatic heterocycles. The van der Waals surface area contributed by atoms with Gasteiger partial charge in [0.2, 0.25) is 0 Å². The van der Waals surface area contributed by atoms with Gasteiger partial charge in [0, 0.05) is 26.1 Å². The molecular formula is C18H34N2O2. The maximum Gasteiger partial charge on any atom is 0.134 e. The number of rotatable bonds is 8. The van der Waals surface area contributed by atoms with Gasteiger partial charge in [-0.05, 0) is 57.8 Å². The number of likely N-dealkylation sites (tertiary alicyclic amines) is 1. The highest BCUT2D eigenvalue weighted by atomic mass is 16.5. The fourth-order valence-corrected chi connectivity index (χ4v) is 3.54. The molecule has 0 aromatic heterocycles. The monoisotopic (exact) mass is 310 g/mol. The van der Waals surface area contributed by atoms with E-state index in [1.807, 2.05) is 0 Å². The van der Waals surface area contributed by atoms with E-state index < -0.39 is 0 Å². The van der Waals surface area contributed by atoms with Gasteiger partial charge in [-0.2, -0.15) is 0 Å². The molecule has 4 heteroatoms. The Labute approximate surface area is 136 Å². The van der Waals surface area contributed by atoms with Gasteiger partial charge in [0.25, 0.3) is 0 Å². The van der Waals surface area contributed by atoms with E-state index >= 15 is 0 Å². The lowest BCUT2D eigenvalue weighted by molar-refractivity contribution is -0.00148. The summed E-state index contributed by atoms with van der Waals surface area (Å²) >= 11 is 0. The molecule has 2 fully saturated rings. The molecule has 0 spiro atoms. The van der Waals surface area contributed by atoms with Crippen molar-refractivity contribution in [1.29, 1.82) is 0 Å². The molecule has 0 bridgehead atoms. The van der Waals surface area contributed by atoms with Gasteiger partial charge >= 0.3 is 0 Å². The fourth-order valence-electron chi connectivity index (χ4n) is 3.54. The summed E-state index contributed by atoms with van der Waals surface area (Å²) in [5, 5.41) is 3.50. The third-order valence-electron chi connectivity index (χ3n) is 4.67. The lowest BCUT2D eigenvalue weighted by atomic mass is 9.96. The topological polar surface area (TPSA) is 33.7 Å². The first-order chi connectivity index (χ1) is 10.8. The standard InChI is InChI=1S/C18H34N2O2/c1-3-8-18(16-9-7-10-19-13-16)22-17(15-21-2)14-20-11-5-4-6-12-20/h8,16-17,19H,3-7,9-15H2,1-2H3/b18-8+. The number of hydrogen-bond donors (Lipinski definition) is 1. The van der Waals surface area contributed by atoms with Gasteiger partial charge in [0.15, 0.2) is 0 Å². The van der Waals surface area contributed by atoms with Crippen LogP contribution in [-0.2, 0) is 9.47 Å². The molecule has 0 saturated carbocycles. The Kier molecular flexibility index (Phi) is 8.27. The van der Waals surface area contributed by atoms with Crippen LogP contribution in [-0.4, -0.2) is 57.4 Å². The molecule has 1 N–H and O–H groups in total. The largest absolute Gasteiger partial charge is 0.491 e. The van der Waals surface area contributed by atoms with Gasteiger partial charge in [0.05, 0.1) is 12.4 Å². The molecule has 0 aromatic carbocycles. The normalized spacial score (nSPS) is 25.9. The lowest BCUT2D eigenvalue weighted by Gasteiger charge is -2.33. The summed E-state index contributed by atoms with van der Waals surface area (Å²) in [5.41, 5.74) is 0. The van der Waals surface area contributed by atoms with Crippen LogP contribution < -0.4 is 5.32 Å². The van der Waals surface area contributed by atoms with Crippen LogP contribution in [0.4, 0.5) is 0 Å². The zero-order chi connectivity index (χ0) is 15.6. The number of ether oxygens (including phenoxy) is 2. The molecule has 2 rings (SSSR count). The fraction of sp³-hybridized carbons (Fsp3) is 0.889. The second-order valence-electron chi connectivity index (χ2n) is 6.61. The summed E-state index contributed by atoms with van der Waals surface area (Å²) in [6.07, 6.45) is 9.97. The van der Waals surface area contributed by atoms with E-state index in [-0.39, 0.29) is 6.10 Å². The van der Waals surface area contributed by atoms with Crippen LogP contribution in [0.25, 0.3) is 0 Å². The molecule has 0 aliphatic carbocycles. The van der Waals surface area contributed by atoms with Gasteiger partial charge in [-0.1, -0.05) is 13.3 Å². The highest BCUT2D eigenvalue weighted by molar-refractivity contribution is 5.02. The van der Waals surface area contributed by atoms with Crippen molar-refractivity contribution in [2.75, 3.05) is 46.4 Å². The summed E-state index contributed by atoms with van der Waals surface area (Å²) in [4.78, 5) is 2.54. The minimum atomic E-state index is 0.155. The van der Waals surface area contributed by atoms with Gasteiger partial charge in [0.1, 0.15) is 6.10 Å². The third kappa shape index (κ3) is 5.90. The van der Waals surface area contributed by atoms with Crippen LogP contribution in [0.15, 0.2) is 11.8 Å². The Hall–Kier alpha value is -0.580. The summed E-state index contributed by atoms with van der Waals surface area (Å²) in [6, 6.07) is 0. The first-order valence-corrected chi connectivity index (χ1v) is 9.12. The van der Waals surface area contributed by atoms with E-state index in [0.717, 1.165) is 26.1 Å². The van der Waals surface area contributed by atoms with Crippen molar-refractivity contribution in [3.63, 3.8) is 0 Å². The van der Waals surface area contributed by atoms with E-state index in [2.05, 4.69) is 23.2 Å². The van der Waals surface area contributed by atoms with E-state index in [4.69, 9.17) is 9.47 Å². The van der Waals surface area contributed by atoms with Crippen LogP contribution in [0.5, 0.6) is 0 Å². The van der Waals surface area contributed by atoms with Crippen LogP contribution in [0.1, 0.15) is 45.4 Å². The summed E-state index contributed by atoms with van der Waals surface area (Å²) < 4.78 is 11.8. The van der Waals surface area contributed by atoms with Crippen molar-refractivity contribution < 1.29 is 9.47 Å². The predicted molar refractivity (Wildman–Crippen MR) is 91.0 cm³/mol. The van der Waals surface area contributed by atoms with E-state index in [0.29, 0.717) is 12.5 Å². The zero-order valence-corrected chi connectivity index (χ0v) is 14.5. The molecule has 2 atom stereocenters. The molecule has 4 nitrogen and oxygen atoms in total. The van der Waals surface area contributed by atoms with Crippen LogP contribution in [0.2, 0.25) is 0 Å². The molecule has 0 radical (unpaired) electrons. The van der Waals surface area contributed by atoms with E-state index in [1.54, 1.807) is 7.11 Å². The van der Waals surface area contributed by atoms with E-state index in [9.17, 15) is 0 Å². The van der Waals surface area contributed by atoms with Crippen LogP contribution in [0.3, 0.4) is 0 Å². The second-order valence-corrected chi connectivity index (χ2v) is 6.61.